The average molecular weight is 539 g/mol. The van der Waals surface area contributed by atoms with Crippen LogP contribution in [-0.2, 0) is 22.4 Å². The summed E-state index contributed by atoms with van der Waals surface area (Å²) in [6, 6.07) is 7.79. The zero-order valence-corrected chi connectivity index (χ0v) is 24.1. The van der Waals surface area contributed by atoms with E-state index in [0.717, 1.165) is 5.56 Å². The van der Waals surface area contributed by atoms with E-state index >= 15 is 0 Å². The van der Waals surface area contributed by atoms with Crippen molar-refractivity contribution in [2.24, 2.45) is 5.73 Å². The molecule has 0 atom stereocenters. The first-order valence-corrected chi connectivity index (χ1v) is 13.0. The quantitative estimate of drug-likeness (QED) is 0.311. The number of amides is 3. The number of aryl methyl sites for hydroxylation is 1. The van der Waals surface area contributed by atoms with Crippen LogP contribution in [0.3, 0.4) is 0 Å². The summed E-state index contributed by atoms with van der Waals surface area (Å²) in [6.07, 6.45) is 4.42. The van der Waals surface area contributed by atoms with E-state index < -0.39 is 5.91 Å². The minimum absolute atomic E-state index is 0.0256. The lowest BCUT2D eigenvalue weighted by atomic mass is 10.1. The van der Waals surface area contributed by atoms with Crippen molar-refractivity contribution >= 4 is 35.0 Å². The molecule has 11 nitrogen and oxygen atoms in total. The second-order valence-electron chi connectivity index (χ2n) is 9.90. The number of primary amides is 1. The number of rotatable bonds is 14. The molecule has 0 bridgehead atoms. The lowest BCUT2D eigenvalue weighted by molar-refractivity contribution is -0.131. The van der Waals surface area contributed by atoms with E-state index in [1.807, 2.05) is 62.1 Å². The Hall–Kier alpha value is -3.99. The van der Waals surface area contributed by atoms with Crippen LogP contribution in [0.25, 0.3) is 0 Å². The first-order valence-electron chi connectivity index (χ1n) is 13.0. The van der Waals surface area contributed by atoms with Crippen LogP contribution in [0.4, 0.5) is 17.3 Å². The maximum absolute atomic E-state index is 12.3. The van der Waals surface area contributed by atoms with Gasteiger partial charge in [-0.3, -0.25) is 14.4 Å². The Kier molecular flexibility index (Phi) is 11.9. The molecule has 0 saturated carbocycles. The van der Waals surface area contributed by atoms with E-state index in [1.165, 1.54) is 11.0 Å². The molecule has 0 unspecified atom stereocenters. The minimum atomic E-state index is -0.658. The van der Waals surface area contributed by atoms with Crippen LogP contribution < -0.4 is 21.3 Å². The highest BCUT2D eigenvalue weighted by Gasteiger charge is 2.20. The highest BCUT2D eigenvalue weighted by molar-refractivity contribution is 5.96. The van der Waals surface area contributed by atoms with Gasteiger partial charge < -0.3 is 31.1 Å². The molecule has 2 aromatic rings. The number of nitrogens with zero attached hydrogens (tertiary/aromatic N) is 5. The van der Waals surface area contributed by atoms with Crippen molar-refractivity contribution in [3.63, 3.8) is 0 Å². The molecular weight excluding hydrogens is 496 g/mol. The molecule has 0 aliphatic heterocycles. The highest BCUT2D eigenvalue weighted by atomic mass is 16.2. The standard InChI is InChI=1S/C28H42N8O3/c1-8-22-28(36(7)19(2)3)33-27(25(32-22)26(29)39)31-21-12-9-11-20(17-21)14-15-30-23(37)18-35(6)24(38)13-10-16-34(4)5/h9-13,17,19H,8,14-16,18H2,1-7H3,(H2,29,39)(H,30,37)(H,31,33)/b13-10+. The maximum atomic E-state index is 12.3. The fourth-order valence-electron chi connectivity index (χ4n) is 3.61. The molecule has 4 N–H and O–H groups in total. The van der Waals surface area contributed by atoms with Crippen LogP contribution in [0.2, 0.25) is 0 Å². The molecule has 39 heavy (non-hydrogen) atoms. The van der Waals surface area contributed by atoms with Gasteiger partial charge in [0.1, 0.15) is 0 Å². The number of hydrogen-bond donors (Lipinski definition) is 3. The van der Waals surface area contributed by atoms with Crippen molar-refractivity contribution in [1.29, 1.82) is 0 Å². The monoisotopic (exact) mass is 538 g/mol. The Bertz CT molecular complexity index is 1180. The highest BCUT2D eigenvalue weighted by Crippen LogP contribution is 2.25. The van der Waals surface area contributed by atoms with E-state index in [1.54, 1.807) is 13.1 Å². The number of carbonyl (C=O) groups excluding carboxylic acids is 3. The minimum Gasteiger partial charge on any atom is -0.364 e. The molecule has 0 saturated heterocycles. The van der Waals surface area contributed by atoms with Crippen molar-refractivity contribution in [3.05, 3.63) is 53.4 Å². The SMILES string of the molecule is CCc1nc(C(N)=O)c(Nc2cccc(CCNC(=O)CN(C)C(=O)/C=C/CN(C)C)c2)nc1N(C)C(C)C. The number of nitrogens with one attached hydrogen (secondary N) is 2. The van der Waals surface area contributed by atoms with Gasteiger partial charge in [0.25, 0.3) is 5.91 Å². The largest absolute Gasteiger partial charge is 0.364 e. The van der Waals surface area contributed by atoms with Gasteiger partial charge in [0, 0.05) is 45.0 Å². The third kappa shape index (κ3) is 9.68. The summed E-state index contributed by atoms with van der Waals surface area (Å²) in [5.41, 5.74) is 8.09. The molecule has 2 rings (SSSR count). The van der Waals surface area contributed by atoms with Gasteiger partial charge >= 0.3 is 0 Å². The number of aromatic nitrogens is 2. The first kappa shape index (κ1) is 31.2. The number of anilines is 3. The van der Waals surface area contributed by atoms with Crippen molar-refractivity contribution in [2.75, 3.05) is 58.0 Å². The molecule has 0 spiro atoms. The summed E-state index contributed by atoms with van der Waals surface area (Å²) in [6.45, 7) is 7.09. The van der Waals surface area contributed by atoms with Crippen LogP contribution in [0.15, 0.2) is 36.4 Å². The average Bonchev–Trinajstić information content (AvgIpc) is 2.87. The molecule has 212 valence electrons. The normalized spacial score (nSPS) is 11.2. The van der Waals surface area contributed by atoms with Gasteiger partial charge in [-0.05, 0) is 58.5 Å². The van der Waals surface area contributed by atoms with Gasteiger partial charge in [-0.1, -0.05) is 25.1 Å². The number of benzene rings is 1. The Balaban J connectivity index is 2.05. The third-order valence-electron chi connectivity index (χ3n) is 6.04. The molecule has 1 heterocycles. The Morgan fingerprint density at radius 2 is 1.82 bits per heavy atom. The summed E-state index contributed by atoms with van der Waals surface area (Å²) in [5, 5.41) is 6.05. The van der Waals surface area contributed by atoms with E-state index in [9.17, 15) is 14.4 Å². The van der Waals surface area contributed by atoms with Crippen LogP contribution in [0, 0.1) is 0 Å². The fraction of sp³-hybridized carbons (Fsp3) is 0.464. The van der Waals surface area contributed by atoms with E-state index in [-0.39, 0.29) is 30.1 Å². The summed E-state index contributed by atoms with van der Waals surface area (Å²) in [7, 11) is 7.36. The molecule has 1 aromatic carbocycles. The summed E-state index contributed by atoms with van der Waals surface area (Å²) in [5.74, 6) is -0.135. The van der Waals surface area contributed by atoms with Gasteiger partial charge in [-0.15, -0.1) is 0 Å². The number of likely N-dealkylation sites (N-methyl/N-ethyl adjacent to an activating group) is 2. The molecule has 1 aromatic heterocycles. The maximum Gasteiger partial charge on any atom is 0.271 e. The van der Waals surface area contributed by atoms with E-state index in [2.05, 4.69) is 29.5 Å². The third-order valence-corrected chi connectivity index (χ3v) is 6.04. The van der Waals surface area contributed by atoms with Crippen molar-refractivity contribution in [3.8, 4) is 0 Å². The molecule has 0 fully saturated rings. The van der Waals surface area contributed by atoms with E-state index in [4.69, 9.17) is 10.7 Å². The fourth-order valence-corrected chi connectivity index (χ4v) is 3.61. The number of carbonyl (C=O) groups is 3. The predicted octanol–water partition coefficient (Wildman–Crippen LogP) is 1.96. The number of hydrogen-bond acceptors (Lipinski definition) is 8. The van der Waals surface area contributed by atoms with Gasteiger partial charge in [0.15, 0.2) is 17.3 Å². The molecule has 0 aliphatic carbocycles. The lowest BCUT2D eigenvalue weighted by Gasteiger charge is -2.25. The molecule has 0 aliphatic rings. The van der Waals surface area contributed by atoms with Crippen LogP contribution in [0.1, 0.15) is 42.5 Å². The lowest BCUT2D eigenvalue weighted by Crippen LogP contribution is -2.38. The Labute approximate surface area is 231 Å². The van der Waals surface area contributed by atoms with Crippen LogP contribution >= 0.6 is 0 Å². The summed E-state index contributed by atoms with van der Waals surface area (Å²) in [4.78, 5) is 51.2. The zero-order valence-electron chi connectivity index (χ0n) is 24.1. The van der Waals surface area contributed by atoms with Crippen LogP contribution in [-0.4, -0.2) is 91.4 Å². The van der Waals surface area contributed by atoms with Crippen molar-refractivity contribution in [1.82, 2.24) is 25.1 Å². The second-order valence-corrected chi connectivity index (χ2v) is 9.90. The predicted molar refractivity (Wildman–Crippen MR) is 155 cm³/mol. The van der Waals surface area contributed by atoms with Gasteiger partial charge in [-0.2, -0.15) is 0 Å². The van der Waals surface area contributed by atoms with Gasteiger partial charge in [0.05, 0.1) is 12.2 Å². The number of nitrogens with two attached hydrogens (primary N) is 1. The topological polar surface area (TPSA) is 137 Å². The van der Waals surface area contributed by atoms with Gasteiger partial charge in [-0.25, -0.2) is 9.97 Å². The second kappa shape index (κ2) is 14.8. The summed E-state index contributed by atoms with van der Waals surface area (Å²) < 4.78 is 0. The van der Waals surface area contributed by atoms with Crippen LogP contribution in [0.5, 0.6) is 0 Å². The molecule has 11 heteroatoms. The molecule has 3 amide bonds. The van der Waals surface area contributed by atoms with E-state index in [0.29, 0.717) is 48.9 Å². The zero-order chi connectivity index (χ0) is 29.1. The smallest absolute Gasteiger partial charge is 0.271 e. The molecule has 0 radical (unpaired) electrons. The molecular formula is C28H42N8O3. The van der Waals surface area contributed by atoms with Crippen molar-refractivity contribution in [2.45, 2.75) is 39.7 Å². The Morgan fingerprint density at radius 3 is 2.44 bits per heavy atom. The van der Waals surface area contributed by atoms with Gasteiger partial charge in [0.2, 0.25) is 11.8 Å². The van der Waals surface area contributed by atoms with Crippen molar-refractivity contribution < 1.29 is 14.4 Å². The Morgan fingerprint density at radius 1 is 1.10 bits per heavy atom. The summed E-state index contributed by atoms with van der Waals surface area (Å²) >= 11 is 0. The first-order chi connectivity index (χ1) is 18.4.